The van der Waals surface area contributed by atoms with Crippen molar-refractivity contribution in [1.29, 1.82) is 5.26 Å². The van der Waals surface area contributed by atoms with Gasteiger partial charge < -0.3 is 0 Å². The second-order valence-electron chi connectivity index (χ2n) is 5.58. The number of hydrogen-bond acceptors (Lipinski definition) is 3. The topological polar surface area (TPSA) is 70.0 Å². The van der Waals surface area contributed by atoms with E-state index < -0.39 is 15.6 Å². The van der Waals surface area contributed by atoms with E-state index in [1.807, 2.05) is 0 Å². The van der Waals surface area contributed by atoms with E-state index in [1.54, 1.807) is 18.2 Å². The van der Waals surface area contributed by atoms with Gasteiger partial charge in [-0.2, -0.15) is 9.98 Å². The Morgan fingerprint density at radius 1 is 1.38 bits per heavy atom. The third-order valence-electron chi connectivity index (χ3n) is 4.21. The van der Waals surface area contributed by atoms with E-state index in [0.717, 1.165) is 19.3 Å². The minimum Gasteiger partial charge on any atom is -0.207 e. The molecule has 114 valence electrons. The van der Waals surface area contributed by atoms with Crippen LogP contribution >= 0.6 is 15.9 Å². The van der Waals surface area contributed by atoms with Crippen LogP contribution in [0.2, 0.25) is 0 Å². The van der Waals surface area contributed by atoms with Gasteiger partial charge in [-0.15, -0.1) is 0 Å². The lowest BCUT2D eigenvalue weighted by Crippen LogP contribution is -2.49. The molecule has 1 aromatic rings. The highest BCUT2D eigenvalue weighted by Crippen LogP contribution is 2.35. The number of nitriles is 1. The molecule has 21 heavy (non-hydrogen) atoms. The predicted molar refractivity (Wildman–Crippen MR) is 85.1 cm³/mol. The molecule has 1 saturated carbocycles. The molecule has 0 amide bonds. The molecule has 0 spiro atoms. The molecular formula is C15H19BrN2O2S. The van der Waals surface area contributed by atoms with Crippen LogP contribution in [0.25, 0.3) is 0 Å². The van der Waals surface area contributed by atoms with Crippen LogP contribution in [0.15, 0.2) is 33.6 Å². The van der Waals surface area contributed by atoms with Crippen molar-refractivity contribution in [2.45, 2.75) is 49.5 Å². The highest BCUT2D eigenvalue weighted by molar-refractivity contribution is 9.10. The van der Waals surface area contributed by atoms with E-state index in [-0.39, 0.29) is 4.90 Å². The van der Waals surface area contributed by atoms with Gasteiger partial charge in [0.2, 0.25) is 10.0 Å². The molecule has 1 aliphatic rings. The first kappa shape index (κ1) is 16.5. The Labute approximate surface area is 134 Å². The Bertz CT molecular complexity index is 644. The zero-order valence-corrected chi connectivity index (χ0v) is 14.4. The Hall–Kier alpha value is -0.900. The molecule has 6 heteroatoms. The number of hydrogen-bond donors (Lipinski definition) is 1. The van der Waals surface area contributed by atoms with Crippen LogP contribution in [-0.4, -0.2) is 14.0 Å². The van der Waals surface area contributed by atoms with Crippen molar-refractivity contribution in [2.24, 2.45) is 5.92 Å². The molecule has 2 rings (SSSR count). The van der Waals surface area contributed by atoms with Gasteiger partial charge in [0.1, 0.15) is 5.54 Å². The number of nitrogens with zero attached hydrogens (tertiary/aromatic N) is 1. The van der Waals surface area contributed by atoms with E-state index in [4.69, 9.17) is 0 Å². The number of benzene rings is 1. The van der Waals surface area contributed by atoms with Gasteiger partial charge in [-0.3, -0.25) is 0 Å². The smallest absolute Gasteiger partial charge is 0.207 e. The lowest BCUT2D eigenvalue weighted by molar-refractivity contribution is 0.259. The average molecular weight is 371 g/mol. The molecule has 0 atom stereocenters. The third-order valence-corrected chi connectivity index (χ3v) is 6.75. The molecule has 0 radical (unpaired) electrons. The van der Waals surface area contributed by atoms with E-state index in [2.05, 4.69) is 33.6 Å². The molecular weight excluding hydrogens is 352 g/mol. The fraction of sp³-hybridized carbons (Fsp3) is 0.533. The van der Waals surface area contributed by atoms with Crippen molar-refractivity contribution in [1.82, 2.24) is 4.72 Å². The minimum atomic E-state index is -3.70. The summed E-state index contributed by atoms with van der Waals surface area (Å²) in [6.07, 6.45) is 4.01. The Morgan fingerprint density at radius 2 is 2.00 bits per heavy atom. The molecule has 1 fully saturated rings. The Balaban J connectivity index is 2.23. The van der Waals surface area contributed by atoms with E-state index in [9.17, 15) is 13.7 Å². The third kappa shape index (κ3) is 3.65. The molecule has 0 saturated heterocycles. The van der Waals surface area contributed by atoms with Crippen molar-refractivity contribution >= 4 is 26.0 Å². The van der Waals surface area contributed by atoms with Crippen LogP contribution < -0.4 is 4.72 Å². The highest BCUT2D eigenvalue weighted by atomic mass is 79.9. The predicted octanol–water partition coefficient (Wildman–Crippen LogP) is 3.59. The maximum Gasteiger partial charge on any atom is 0.243 e. The molecule has 4 nitrogen and oxygen atoms in total. The summed E-state index contributed by atoms with van der Waals surface area (Å²) >= 11 is 3.26. The monoisotopic (exact) mass is 370 g/mol. The van der Waals surface area contributed by atoms with Gasteiger partial charge in [-0.05, 0) is 59.7 Å². The lowest BCUT2D eigenvalue weighted by Gasteiger charge is -2.35. The van der Waals surface area contributed by atoms with Gasteiger partial charge in [0.05, 0.1) is 11.0 Å². The molecule has 1 aliphatic carbocycles. The first-order valence-electron chi connectivity index (χ1n) is 7.12. The van der Waals surface area contributed by atoms with Crippen molar-refractivity contribution < 1.29 is 8.42 Å². The van der Waals surface area contributed by atoms with Gasteiger partial charge in [0, 0.05) is 4.47 Å². The zero-order chi connectivity index (χ0) is 15.5. The lowest BCUT2D eigenvalue weighted by atomic mass is 9.77. The molecule has 0 bridgehead atoms. The summed E-state index contributed by atoms with van der Waals surface area (Å²) in [4.78, 5) is 0.178. The standard InChI is InChI=1S/C15H19BrN2O2S/c1-2-12-7-9-15(11-17,10-8-12)18-21(19,20)14-6-4-3-5-13(14)16/h3-6,12,18H,2,7-10H2,1H3. The quantitative estimate of drug-likeness (QED) is 0.879. The highest BCUT2D eigenvalue weighted by Gasteiger charge is 2.39. The maximum atomic E-state index is 12.5. The fourth-order valence-electron chi connectivity index (χ4n) is 2.79. The average Bonchev–Trinajstić information content (AvgIpc) is 2.48. The molecule has 1 aromatic carbocycles. The number of sulfonamides is 1. The number of nitrogens with one attached hydrogen (secondary N) is 1. The van der Waals surface area contributed by atoms with E-state index in [0.29, 0.717) is 23.2 Å². The zero-order valence-electron chi connectivity index (χ0n) is 12.0. The van der Waals surface area contributed by atoms with Crippen LogP contribution in [0.5, 0.6) is 0 Å². The summed E-state index contributed by atoms with van der Waals surface area (Å²) in [6, 6.07) is 8.85. The van der Waals surface area contributed by atoms with Crippen LogP contribution in [0, 0.1) is 17.2 Å². The fourth-order valence-corrected chi connectivity index (χ4v) is 5.17. The van der Waals surface area contributed by atoms with Gasteiger partial charge in [0.15, 0.2) is 0 Å². The summed E-state index contributed by atoms with van der Waals surface area (Å²) in [5.41, 5.74) is -0.972. The van der Waals surface area contributed by atoms with Gasteiger partial charge in [-0.1, -0.05) is 25.5 Å². The second kappa shape index (κ2) is 6.47. The molecule has 0 aromatic heterocycles. The van der Waals surface area contributed by atoms with Gasteiger partial charge in [0.25, 0.3) is 0 Å². The normalized spacial score (nSPS) is 26.2. The SMILES string of the molecule is CCC1CCC(C#N)(NS(=O)(=O)c2ccccc2Br)CC1. The number of halogens is 1. The van der Waals surface area contributed by atoms with Crippen molar-refractivity contribution in [3.63, 3.8) is 0 Å². The molecule has 0 aliphatic heterocycles. The summed E-state index contributed by atoms with van der Waals surface area (Å²) < 4.78 is 28.2. The van der Waals surface area contributed by atoms with Crippen molar-refractivity contribution in [3.05, 3.63) is 28.7 Å². The van der Waals surface area contributed by atoms with Crippen LogP contribution in [-0.2, 0) is 10.0 Å². The first-order valence-corrected chi connectivity index (χ1v) is 9.40. The van der Waals surface area contributed by atoms with Crippen molar-refractivity contribution in [3.8, 4) is 6.07 Å². The first-order chi connectivity index (χ1) is 9.92. The van der Waals surface area contributed by atoms with Crippen LogP contribution in [0.1, 0.15) is 39.0 Å². The maximum absolute atomic E-state index is 12.5. The van der Waals surface area contributed by atoms with E-state index >= 15 is 0 Å². The minimum absolute atomic E-state index is 0.178. The van der Waals surface area contributed by atoms with Crippen LogP contribution in [0.3, 0.4) is 0 Å². The molecule has 0 unspecified atom stereocenters. The van der Waals surface area contributed by atoms with E-state index in [1.165, 1.54) is 6.07 Å². The van der Waals surface area contributed by atoms with Gasteiger partial charge in [-0.25, -0.2) is 8.42 Å². The largest absolute Gasteiger partial charge is 0.243 e. The Morgan fingerprint density at radius 3 is 2.52 bits per heavy atom. The number of rotatable bonds is 4. The molecule has 0 heterocycles. The summed E-state index contributed by atoms with van der Waals surface area (Å²) in [7, 11) is -3.70. The summed E-state index contributed by atoms with van der Waals surface area (Å²) in [5.74, 6) is 0.597. The van der Waals surface area contributed by atoms with Gasteiger partial charge >= 0.3 is 0 Å². The van der Waals surface area contributed by atoms with Crippen LogP contribution in [0.4, 0.5) is 0 Å². The molecule has 1 N–H and O–H groups in total. The summed E-state index contributed by atoms with van der Waals surface area (Å²) in [5, 5.41) is 9.49. The summed E-state index contributed by atoms with van der Waals surface area (Å²) in [6.45, 7) is 2.13. The second-order valence-corrected chi connectivity index (χ2v) is 8.09. The Kier molecular flexibility index (Phi) is 5.07. The van der Waals surface area contributed by atoms with Crippen molar-refractivity contribution in [2.75, 3.05) is 0 Å².